The van der Waals surface area contributed by atoms with Gasteiger partial charge in [0, 0.05) is 29.7 Å². The lowest BCUT2D eigenvalue weighted by Crippen LogP contribution is -2.41. The van der Waals surface area contributed by atoms with Crippen LogP contribution < -0.4 is 5.73 Å². The first kappa shape index (κ1) is 15.7. The summed E-state index contributed by atoms with van der Waals surface area (Å²) in [6, 6.07) is 1.42. The molecule has 0 unspecified atom stereocenters. The molecule has 20 heavy (non-hydrogen) atoms. The van der Waals surface area contributed by atoms with Gasteiger partial charge in [-0.25, -0.2) is 13.4 Å². The van der Waals surface area contributed by atoms with Crippen molar-refractivity contribution in [3.63, 3.8) is 0 Å². The van der Waals surface area contributed by atoms with Crippen LogP contribution in [0.1, 0.15) is 12.8 Å². The number of rotatable bonds is 3. The van der Waals surface area contributed by atoms with Crippen LogP contribution in [0.2, 0.25) is 5.15 Å². The number of hydrogen-bond donors (Lipinski definition) is 1. The Morgan fingerprint density at radius 3 is 2.60 bits per heavy atom. The molecule has 1 aliphatic heterocycles. The second kappa shape index (κ2) is 5.97. The van der Waals surface area contributed by atoms with Gasteiger partial charge in [-0.15, -0.1) is 0 Å². The quantitative estimate of drug-likeness (QED) is 0.799. The summed E-state index contributed by atoms with van der Waals surface area (Å²) in [6.07, 6.45) is 2.28. The smallest absolute Gasteiger partial charge is 0.246 e. The van der Waals surface area contributed by atoms with E-state index >= 15 is 0 Å². The molecule has 1 aromatic heterocycles. The largest absolute Gasteiger partial charge is 0.369 e. The highest BCUT2D eigenvalue weighted by Crippen LogP contribution is 2.28. The topological polar surface area (TPSA) is 93.4 Å². The summed E-state index contributed by atoms with van der Waals surface area (Å²) in [5.41, 5.74) is 5.23. The van der Waals surface area contributed by atoms with E-state index < -0.39 is 10.0 Å². The van der Waals surface area contributed by atoms with Gasteiger partial charge in [-0.05, 0) is 34.8 Å². The van der Waals surface area contributed by atoms with Crippen LogP contribution in [-0.4, -0.2) is 36.7 Å². The van der Waals surface area contributed by atoms with E-state index in [9.17, 15) is 13.2 Å². The molecule has 1 aliphatic rings. The van der Waals surface area contributed by atoms with Gasteiger partial charge in [0.2, 0.25) is 15.9 Å². The molecule has 110 valence electrons. The lowest BCUT2D eigenvalue weighted by molar-refractivity contribution is -0.122. The number of primary amides is 1. The molecular weight excluding hydrogens is 370 g/mol. The number of sulfonamides is 1. The van der Waals surface area contributed by atoms with Gasteiger partial charge >= 0.3 is 0 Å². The number of carbonyl (C=O) groups is 1. The monoisotopic (exact) mass is 381 g/mol. The Bertz CT molecular complexity index is 630. The summed E-state index contributed by atoms with van der Waals surface area (Å²) in [6.45, 7) is 0.498. The molecule has 1 amide bonds. The third-order valence-corrected chi connectivity index (χ3v) is 6.01. The summed E-state index contributed by atoms with van der Waals surface area (Å²) in [5.74, 6) is -0.651. The second-order valence-electron chi connectivity index (χ2n) is 4.52. The maximum absolute atomic E-state index is 12.5. The number of hydrogen-bond acceptors (Lipinski definition) is 4. The minimum absolute atomic E-state index is 0.0360. The Morgan fingerprint density at radius 1 is 1.45 bits per heavy atom. The lowest BCUT2D eigenvalue weighted by atomic mass is 9.98. The fourth-order valence-electron chi connectivity index (χ4n) is 2.10. The fourth-order valence-corrected chi connectivity index (χ4v) is 4.49. The van der Waals surface area contributed by atoms with Crippen LogP contribution in [0.3, 0.4) is 0 Å². The first-order chi connectivity index (χ1) is 9.32. The van der Waals surface area contributed by atoms with Crippen LogP contribution in [0, 0.1) is 5.92 Å². The van der Waals surface area contributed by atoms with Crippen molar-refractivity contribution in [2.45, 2.75) is 17.7 Å². The number of piperidine rings is 1. The van der Waals surface area contributed by atoms with Crippen molar-refractivity contribution in [2.24, 2.45) is 11.7 Å². The van der Waals surface area contributed by atoms with Crippen LogP contribution in [0.15, 0.2) is 21.6 Å². The Hall–Kier alpha value is -0.700. The molecule has 2 rings (SSSR count). The summed E-state index contributed by atoms with van der Waals surface area (Å²) in [7, 11) is -3.71. The number of aromatic nitrogens is 1. The van der Waals surface area contributed by atoms with Crippen molar-refractivity contribution in [1.29, 1.82) is 0 Å². The molecule has 0 aromatic carbocycles. The molecule has 2 heterocycles. The normalized spacial score (nSPS) is 18.1. The molecule has 1 aromatic rings. The predicted molar refractivity (Wildman–Crippen MR) is 77.6 cm³/mol. The Morgan fingerprint density at radius 2 is 2.05 bits per heavy atom. The minimum Gasteiger partial charge on any atom is -0.369 e. The van der Waals surface area contributed by atoms with Gasteiger partial charge in [0.15, 0.2) is 0 Å². The number of pyridine rings is 1. The van der Waals surface area contributed by atoms with E-state index in [0.717, 1.165) is 0 Å². The molecular formula is C11H13BrClN3O3S. The van der Waals surface area contributed by atoms with Gasteiger partial charge in [-0.1, -0.05) is 11.6 Å². The highest BCUT2D eigenvalue weighted by atomic mass is 79.9. The third-order valence-electron chi connectivity index (χ3n) is 3.25. The van der Waals surface area contributed by atoms with Gasteiger partial charge < -0.3 is 5.73 Å². The van der Waals surface area contributed by atoms with Crippen molar-refractivity contribution in [1.82, 2.24) is 9.29 Å². The Balaban J connectivity index is 2.24. The number of nitrogens with zero attached hydrogens (tertiary/aromatic N) is 2. The second-order valence-corrected chi connectivity index (χ2v) is 7.70. The van der Waals surface area contributed by atoms with Crippen LogP contribution in [-0.2, 0) is 14.8 Å². The van der Waals surface area contributed by atoms with Crippen LogP contribution in [0.4, 0.5) is 0 Å². The van der Waals surface area contributed by atoms with Gasteiger partial charge in [0.25, 0.3) is 0 Å². The van der Waals surface area contributed by atoms with Crippen LogP contribution in [0.25, 0.3) is 0 Å². The number of halogens is 2. The molecule has 0 radical (unpaired) electrons. The zero-order chi connectivity index (χ0) is 14.9. The van der Waals surface area contributed by atoms with E-state index in [-0.39, 0.29) is 35.0 Å². The molecule has 2 N–H and O–H groups in total. The van der Waals surface area contributed by atoms with Crippen molar-refractivity contribution >= 4 is 43.5 Å². The zero-order valence-corrected chi connectivity index (χ0v) is 13.6. The van der Waals surface area contributed by atoms with Crippen LogP contribution >= 0.6 is 27.5 Å². The Kier molecular flexibility index (Phi) is 4.68. The van der Waals surface area contributed by atoms with Gasteiger partial charge in [0.05, 0.1) is 0 Å². The van der Waals surface area contributed by atoms with E-state index in [1.165, 1.54) is 16.6 Å². The summed E-state index contributed by atoms with van der Waals surface area (Å²) in [5, 5.41) is -0.0646. The highest BCUT2D eigenvalue weighted by molar-refractivity contribution is 9.10. The average Bonchev–Trinajstić information content (AvgIpc) is 2.41. The van der Waals surface area contributed by atoms with Crippen molar-refractivity contribution < 1.29 is 13.2 Å². The van der Waals surface area contributed by atoms with E-state index in [2.05, 4.69) is 20.9 Å². The molecule has 0 spiro atoms. The first-order valence-corrected chi connectivity index (χ1v) is 8.54. The summed E-state index contributed by atoms with van der Waals surface area (Å²) >= 11 is 9.04. The third kappa shape index (κ3) is 3.13. The number of nitrogens with two attached hydrogens (primary N) is 1. The molecule has 1 fully saturated rings. The molecule has 0 bridgehead atoms. The SMILES string of the molecule is NC(=O)C1CCN(S(=O)(=O)c2cc(Br)cnc2Cl)CC1. The van der Waals surface area contributed by atoms with Gasteiger partial charge in [-0.2, -0.15) is 4.31 Å². The maximum atomic E-state index is 12.5. The molecule has 0 saturated carbocycles. The van der Waals surface area contributed by atoms with E-state index in [4.69, 9.17) is 17.3 Å². The van der Waals surface area contributed by atoms with E-state index in [1.54, 1.807) is 0 Å². The molecule has 6 nitrogen and oxygen atoms in total. The van der Waals surface area contributed by atoms with Crippen molar-refractivity contribution in [2.75, 3.05) is 13.1 Å². The molecule has 1 saturated heterocycles. The van der Waals surface area contributed by atoms with Crippen molar-refractivity contribution in [3.05, 3.63) is 21.9 Å². The average molecular weight is 383 g/mol. The van der Waals surface area contributed by atoms with Gasteiger partial charge in [0.1, 0.15) is 10.0 Å². The number of amides is 1. The van der Waals surface area contributed by atoms with E-state index in [1.807, 2.05) is 0 Å². The molecule has 0 aliphatic carbocycles. The predicted octanol–water partition coefficient (Wildman–Crippen LogP) is 1.38. The highest BCUT2D eigenvalue weighted by Gasteiger charge is 2.32. The fraction of sp³-hybridized carbons (Fsp3) is 0.455. The van der Waals surface area contributed by atoms with Crippen LogP contribution in [0.5, 0.6) is 0 Å². The van der Waals surface area contributed by atoms with Crippen molar-refractivity contribution in [3.8, 4) is 0 Å². The zero-order valence-electron chi connectivity index (χ0n) is 10.4. The first-order valence-electron chi connectivity index (χ1n) is 5.93. The summed E-state index contributed by atoms with van der Waals surface area (Å²) in [4.78, 5) is 14.9. The standard InChI is InChI=1S/C11H13BrClN3O3S/c12-8-5-9(10(13)15-6-8)20(18,19)16-3-1-7(2-4-16)11(14)17/h5-7H,1-4H2,(H2,14,17). The Labute approximate surface area is 130 Å². The lowest BCUT2D eigenvalue weighted by Gasteiger charge is -2.29. The molecule has 9 heteroatoms. The van der Waals surface area contributed by atoms with Gasteiger partial charge in [-0.3, -0.25) is 4.79 Å². The number of carbonyl (C=O) groups excluding carboxylic acids is 1. The van der Waals surface area contributed by atoms with E-state index in [0.29, 0.717) is 17.3 Å². The minimum atomic E-state index is -3.71. The summed E-state index contributed by atoms with van der Waals surface area (Å²) < 4.78 is 26.8. The molecule has 0 atom stereocenters. The maximum Gasteiger partial charge on any atom is 0.246 e.